The Balaban J connectivity index is 2.31. The van der Waals surface area contributed by atoms with Crippen LogP contribution in [0.25, 0.3) is 0 Å². The highest BCUT2D eigenvalue weighted by Crippen LogP contribution is 2.36. The average Bonchev–Trinajstić information content (AvgIpc) is 2.73. The number of esters is 1. The molecule has 0 aromatic rings. The summed E-state index contributed by atoms with van der Waals surface area (Å²) in [4.78, 5) is 11.4. The van der Waals surface area contributed by atoms with Crippen LogP contribution in [0.15, 0.2) is 0 Å². The monoisotopic (exact) mass is 254 g/mol. The standard InChI is InChI=1S/C16H30O2/c1-3-5-7-9-12-16(13-10-8-6-4-2)14-11-15(17)18-16/h3-14H2,1-2H3. The van der Waals surface area contributed by atoms with E-state index in [9.17, 15) is 4.79 Å². The lowest BCUT2D eigenvalue weighted by Crippen LogP contribution is -2.28. The number of unbranched alkanes of at least 4 members (excludes halogenated alkanes) is 6. The minimum Gasteiger partial charge on any atom is -0.459 e. The first-order valence-electron chi connectivity index (χ1n) is 7.94. The Bertz CT molecular complexity index is 223. The van der Waals surface area contributed by atoms with Gasteiger partial charge in [0.1, 0.15) is 5.60 Å². The number of hydrogen-bond donors (Lipinski definition) is 0. The van der Waals surface area contributed by atoms with Crippen molar-refractivity contribution >= 4 is 5.97 Å². The van der Waals surface area contributed by atoms with Crippen LogP contribution in [0.1, 0.15) is 90.9 Å². The van der Waals surface area contributed by atoms with Crippen LogP contribution < -0.4 is 0 Å². The highest BCUT2D eigenvalue weighted by atomic mass is 16.6. The van der Waals surface area contributed by atoms with Crippen molar-refractivity contribution in [3.63, 3.8) is 0 Å². The SMILES string of the molecule is CCCCCCC1(CCCCCC)CCC(=O)O1. The molecule has 2 heteroatoms. The Morgan fingerprint density at radius 3 is 1.89 bits per heavy atom. The van der Waals surface area contributed by atoms with Gasteiger partial charge in [0.25, 0.3) is 0 Å². The van der Waals surface area contributed by atoms with E-state index in [1.807, 2.05) is 0 Å². The molecule has 0 saturated carbocycles. The van der Waals surface area contributed by atoms with E-state index in [-0.39, 0.29) is 11.6 Å². The van der Waals surface area contributed by atoms with E-state index >= 15 is 0 Å². The van der Waals surface area contributed by atoms with Crippen LogP contribution >= 0.6 is 0 Å². The van der Waals surface area contributed by atoms with Crippen LogP contribution in [-0.4, -0.2) is 11.6 Å². The van der Waals surface area contributed by atoms with Crippen LogP contribution in [0.4, 0.5) is 0 Å². The quantitative estimate of drug-likeness (QED) is 0.405. The van der Waals surface area contributed by atoms with Crippen LogP contribution in [-0.2, 0) is 9.53 Å². The van der Waals surface area contributed by atoms with Gasteiger partial charge in [0.05, 0.1) is 0 Å². The van der Waals surface area contributed by atoms with Crippen molar-refractivity contribution < 1.29 is 9.53 Å². The predicted octanol–water partition coefficient (Wildman–Crippen LogP) is 5.00. The van der Waals surface area contributed by atoms with Crippen molar-refractivity contribution in [2.75, 3.05) is 0 Å². The lowest BCUT2D eigenvalue weighted by atomic mass is 9.87. The Morgan fingerprint density at radius 1 is 0.944 bits per heavy atom. The van der Waals surface area contributed by atoms with Crippen LogP contribution in [0.2, 0.25) is 0 Å². The van der Waals surface area contributed by atoms with Gasteiger partial charge in [-0.05, 0) is 32.1 Å². The summed E-state index contributed by atoms with van der Waals surface area (Å²) in [5, 5.41) is 0. The highest BCUT2D eigenvalue weighted by Gasteiger charge is 2.38. The van der Waals surface area contributed by atoms with Crippen molar-refractivity contribution in [3.8, 4) is 0 Å². The first-order chi connectivity index (χ1) is 8.72. The molecule has 1 saturated heterocycles. The fourth-order valence-corrected chi connectivity index (χ4v) is 2.90. The van der Waals surface area contributed by atoms with Gasteiger partial charge in [-0.3, -0.25) is 4.79 Å². The molecule has 106 valence electrons. The number of rotatable bonds is 10. The zero-order chi connectivity index (χ0) is 13.3. The second kappa shape index (κ2) is 8.55. The molecule has 0 unspecified atom stereocenters. The Labute approximate surface area is 112 Å². The summed E-state index contributed by atoms with van der Waals surface area (Å²) in [7, 11) is 0. The number of carbonyl (C=O) groups excluding carboxylic acids is 1. The summed E-state index contributed by atoms with van der Waals surface area (Å²) < 4.78 is 5.67. The smallest absolute Gasteiger partial charge is 0.306 e. The second-order valence-electron chi connectivity index (χ2n) is 5.78. The molecule has 0 amide bonds. The third-order valence-corrected chi connectivity index (χ3v) is 4.09. The molecule has 0 aromatic carbocycles. The molecular weight excluding hydrogens is 224 g/mol. The Hall–Kier alpha value is -0.530. The molecule has 2 nitrogen and oxygen atoms in total. The number of cyclic esters (lactones) is 1. The van der Waals surface area contributed by atoms with E-state index in [0.717, 1.165) is 19.3 Å². The van der Waals surface area contributed by atoms with Gasteiger partial charge in [0.2, 0.25) is 0 Å². The molecule has 0 aromatic heterocycles. The van der Waals surface area contributed by atoms with Crippen molar-refractivity contribution in [1.29, 1.82) is 0 Å². The largest absolute Gasteiger partial charge is 0.459 e. The van der Waals surface area contributed by atoms with Crippen LogP contribution in [0.5, 0.6) is 0 Å². The lowest BCUT2D eigenvalue weighted by Gasteiger charge is -2.28. The first kappa shape index (κ1) is 15.5. The van der Waals surface area contributed by atoms with E-state index in [1.165, 1.54) is 51.4 Å². The maximum absolute atomic E-state index is 11.4. The summed E-state index contributed by atoms with van der Waals surface area (Å²) in [6.45, 7) is 4.46. The molecule has 1 aliphatic rings. The minimum atomic E-state index is -0.0848. The van der Waals surface area contributed by atoms with E-state index in [0.29, 0.717) is 6.42 Å². The van der Waals surface area contributed by atoms with Gasteiger partial charge in [0.15, 0.2) is 0 Å². The molecule has 1 rings (SSSR count). The van der Waals surface area contributed by atoms with Crippen molar-refractivity contribution in [3.05, 3.63) is 0 Å². The molecule has 1 heterocycles. The van der Waals surface area contributed by atoms with Gasteiger partial charge in [-0.2, -0.15) is 0 Å². The summed E-state index contributed by atoms with van der Waals surface area (Å²) in [6.07, 6.45) is 13.9. The van der Waals surface area contributed by atoms with Gasteiger partial charge >= 0.3 is 5.97 Å². The molecule has 0 radical (unpaired) electrons. The average molecular weight is 254 g/mol. The highest BCUT2D eigenvalue weighted by molar-refractivity contribution is 5.72. The number of carbonyl (C=O) groups is 1. The van der Waals surface area contributed by atoms with Gasteiger partial charge in [-0.15, -0.1) is 0 Å². The first-order valence-corrected chi connectivity index (χ1v) is 7.94. The zero-order valence-corrected chi connectivity index (χ0v) is 12.3. The van der Waals surface area contributed by atoms with Crippen molar-refractivity contribution in [2.45, 2.75) is 96.5 Å². The molecule has 0 atom stereocenters. The van der Waals surface area contributed by atoms with Crippen molar-refractivity contribution in [1.82, 2.24) is 0 Å². The van der Waals surface area contributed by atoms with E-state index in [1.54, 1.807) is 0 Å². The Morgan fingerprint density at radius 2 is 1.50 bits per heavy atom. The van der Waals surface area contributed by atoms with E-state index < -0.39 is 0 Å². The predicted molar refractivity (Wildman–Crippen MR) is 75.6 cm³/mol. The normalized spacial score (nSPS) is 18.0. The maximum Gasteiger partial charge on any atom is 0.306 e. The third kappa shape index (κ3) is 5.41. The molecule has 0 aliphatic carbocycles. The fourth-order valence-electron chi connectivity index (χ4n) is 2.90. The van der Waals surface area contributed by atoms with E-state index in [2.05, 4.69) is 13.8 Å². The topological polar surface area (TPSA) is 26.3 Å². The van der Waals surface area contributed by atoms with E-state index in [4.69, 9.17) is 4.74 Å². The van der Waals surface area contributed by atoms with Gasteiger partial charge in [-0.25, -0.2) is 0 Å². The third-order valence-electron chi connectivity index (χ3n) is 4.09. The fraction of sp³-hybridized carbons (Fsp3) is 0.938. The minimum absolute atomic E-state index is 0.0287. The summed E-state index contributed by atoms with van der Waals surface area (Å²) in [5.74, 6) is 0.0287. The van der Waals surface area contributed by atoms with Crippen LogP contribution in [0.3, 0.4) is 0 Å². The molecule has 18 heavy (non-hydrogen) atoms. The molecular formula is C16H30O2. The molecule has 1 fully saturated rings. The lowest BCUT2D eigenvalue weighted by molar-refractivity contribution is -0.149. The van der Waals surface area contributed by atoms with Crippen molar-refractivity contribution in [2.24, 2.45) is 0 Å². The molecule has 1 aliphatic heterocycles. The van der Waals surface area contributed by atoms with Gasteiger partial charge in [-0.1, -0.05) is 52.4 Å². The number of hydrogen-bond acceptors (Lipinski definition) is 2. The summed E-state index contributed by atoms with van der Waals surface area (Å²) >= 11 is 0. The van der Waals surface area contributed by atoms with Gasteiger partial charge in [0, 0.05) is 6.42 Å². The van der Waals surface area contributed by atoms with Crippen LogP contribution in [0, 0.1) is 0 Å². The second-order valence-corrected chi connectivity index (χ2v) is 5.78. The summed E-state index contributed by atoms with van der Waals surface area (Å²) in [6, 6.07) is 0. The molecule has 0 N–H and O–H groups in total. The zero-order valence-electron chi connectivity index (χ0n) is 12.3. The number of ether oxygens (including phenoxy) is 1. The molecule has 0 bridgehead atoms. The molecule has 0 spiro atoms. The Kier molecular flexibility index (Phi) is 7.38. The summed E-state index contributed by atoms with van der Waals surface area (Å²) in [5.41, 5.74) is -0.0848. The van der Waals surface area contributed by atoms with Gasteiger partial charge < -0.3 is 4.74 Å². The maximum atomic E-state index is 11.4.